The number of nitrogens with one attached hydrogen (secondary N) is 1. The molecule has 146 valence electrons. The number of benzene rings is 1. The van der Waals surface area contributed by atoms with Crippen molar-refractivity contribution in [2.45, 2.75) is 40.2 Å². The summed E-state index contributed by atoms with van der Waals surface area (Å²) in [5.74, 6) is 1.93. The highest BCUT2D eigenvalue weighted by atomic mass is 16.5. The number of carbonyl (C=O) groups excluding carboxylic acids is 1. The molecule has 0 fully saturated rings. The van der Waals surface area contributed by atoms with Crippen molar-refractivity contribution in [2.75, 3.05) is 13.2 Å². The standard InChI is InChI=1S/C21H29N3O3/c1-4-21(5-2,15-22)20(25)24-14-16-11-12-23-19(13-16)27-18-9-7-17(8-10-18)26-6-3/h7-13H,4-6,14-15,22H2,1-3H3,(H,24,25). The molecule has 0 unspecified atom stereocenters. The third-order valence-corrected chi connectivity index (χ3v) is 4.84. The minimum atomic E-state index is -0.505. The summed E-state index contributed by atoms with van der Waals surface area (Å²) in [7, 11) is 0. The average Bonchev–Trinajstić information content (AvgIpc) is 2.70. The number of carbonyl (C=O) groups is 1. The van der Waals surface area contributed by atoms with Crippen LogP contribution in [0.3, 0.4) is 0 Å². The molecule has 3 N–H and O–H groups in total. The number of ether oxygens (including phenoxy) is 2. The smallest absolute Gasteiger partial charge is 0.227 e. The molecule has 1 aromatic heterocycles. The Morgan fingerprint density at radius 3 is 2.37 bits per heavy atom. The van der Waals surface area contributed by atoms with E-state index in [9.17, 15) is 4.79 Å². The van der Waals surface area contributed by atoms with Crippen LogP contribution in [-0.4, -0.2) is 24.0 Å². The Labute approximate surface area is 161 Å². The van der Waals surface area contributed by atoms with E-state index in [4.69, 9.17) is 15.2 Å². The molecule has 0 saturated heterocycles. The molecule has 0 spiro atoms. The van der Waals surface area contributed by atoms with E-state index in [1.807, 2.05) is 57.2 Å². The molecule has 0 aliphatic rings. The van der Waals surface area contributed by atoms with E-state index >= 15 is 0 Å². The number of nitrogens with two attached hydrogens (primary N) is 1. The van der Waals surface area contributed by atoms with Crippen LogP contribution in [0.4, 0.5) is 0 Å². The highest BCUT2D eigenvalue weighted by molar-refractivity contribution is 5.82. The van der Waals surface area contributed by atoms with Crippen LogP contribution in [0.1, 0.15) is 39.2 Å². The Bertz CT molecular complexity index is 719. The average molecular weight is 371 g/mol. The van der Waals surface area contributed by atoms with E-state index < -0.39 is 5.41 Å². The molecule has 1 aromatic carbocycles. The number of nitrogens with zero attached hydrogens (tertiary/aromatic N) is 1. The molecule has 0 bridgehead atoms. The number of hydrogen-bond acceptors (Lipinski definition) is 5. The Hall–Kier alpha value is -2.60. The summed E-state index contributed by atoms with van der Waals surface area (Å²) in [4.78, 5) is 16.8. The molecule has 27 heavy (non-hydrogen) atoms. The van der Waals surface area contributed by atoms with Crippen molar-refractivity contribution in [1.82, 2.24) is 10.3 Å². The van der Waals surface area contributed by atoms with Gasteiger partial charge in [0.15, 0.2) is 0 Å². The van der Waals surface area contributed by atoms with Crippen molar-refractivity contribution >= 4 is 5.91 Å². The van der Waals surface area contributed by atoms with Crippen LogP contribution in [0.5, 0.6) is 17.4 Å². The third-order valence-electron chi connectivity index (χ3n) is 4.84. The van der Waals surface area contributed by atoms with Crippen LogP contribution in [0.15, 0.2) is 42.6 Å². The monoisotopic (exact) mass is 371 g/mol. The van der Waals surface area contributed by atoms with Gasteiger partial charge in [0, 0.05) is 25.4 Å². The summed E-state index contributed by atoms with van der Waals surface area (Å²) in [6, 6.07) is 11.0. The lowest BCUT2D eigenvalue weighted by atomic mass is 9.81. The lowest BCUT2D eigenvalue weighted by molar-refractivity contribution is -0.131. The van der Waals surface area contributed by atoms with Gasteiger partial charge < -0.3 is 20.5 Å². The van der Waals surface area contributed by atoms with Gasteiger partial charge >= 0.3 is 0 Å². The predicted molar refractivity (Wildman–Crippen MR) is 106 cm³/mol. The van der Waals surface area contributed by atoms with E-state index in [1.165, 1.54) is 0 Å². The second-order valence-electron chi connectivity index (χ2n) is 6.38. The van der Waals surface area contributed by atoms with Gasteiger partial charge in [-0.1, -0.05) is 13.8 Å². The molecule has 1 heterocycles. The summed E-state index contributed by atoms with van der Waals surface area (Å²) in [5.41, 5.74) is 6.25. The minimum Gasteiger partial charge on any atom is -0.494 e. The second kappa shape index (κ2) is 9.92. The van der Waals surface area contributed by atoms with Gasteiger partial charge in [0.1, 0.15) is 11.5 Å². The molecule has 6 nitrogen and oxygen atoms in total. The number of rotatable bonds is 10. The highest BCUT2D eigenvalue weighted by Crippen LogP contribution is 2.26. The van der Waals surface area contributed by atoms with Gasteiger partial charge in [-0.3, -0.25) is 4.79 Å². The van der Waals surface area contributed by atoms with Crippen molar-refractivity contribution in [2.24, 2.45) is 11.1 Å². The van der Waals surface area contributed by atoms with Gasteiger partial charge in [0.2, 0.25) is 11.8 Å². The van der Waals surface area contributed by atoms with Crippen LogP contribution < -0.4 is 20.5 Å². The highest BCUT2D eigenvalue weighted by Gasteiger charge is 2.32. The first kappa shape index (κ1) is 20.7. The first-order valence-corrected chi connectivity index (χ1v) is 9.41. The zero-order valence-electron chi connectivity index (χ0n) is 16.3. The molecule has 2 aromatic rings. The molecule has 0 atom stereocenters. The summed E-state index contributed by atoms with van der Waals surface area (Å²) in [6.45, 7) is 7.29. The van der Waals surface area contributed by atoms with Crippen LogP contribution in [0.25, 0.3) is 0 Å². The van der Waals surface area contributed by atoms with Crippen molar-refractivity contribution in [3.8, 4) is 17.4 Å². The topological polar surface area (TPSA) is 86.5 Å². The number of pyridine rings is 1. The van der Waals surface area contributed by atoms with E-state index in [-0.39, 0.29) is 5.91 Å². The third kappa shape index (κ3) is 5.44. The fourth-order valence-electron chi connectivity index (χ4n) is 2.83. The first-order chi connectivity index (χ1) is 13.1. The quantitative estimate of drug-likeness (QED) is 0.666. The van der Waals surface area contributed by atoms with Gasteiger partial charge in [-0.05, 0) is 55.7 Å². The maximum Gasteiger partial charge on any atom is 0.227 e. The molecular formula is C21H29N3O3. The van der Waals surface area contributed by atoms with Gasteiger partial charge in [-0.25, -0.2) is 4.98 Å². The fourth-order valence-corrected chi connectivity index (χ4v) is 2.83. The van der Waals surface area contributed by atoms with Crippen LogP contribution in [0.2, 0.25) is 0 Å². The molecule has 0 saturated carbocycles. The zero-order chi connectivity index (χ0) is 19.7. The van der Waals surface area contributed by atoms with Crippen LogP contribution in [0, 0.1) is 5.41 Å². The fraction of sp³-hybridized carbons (Fsp3) is 0.429. The van der Waals surface area contributed by atoms with Gasteiger partial charge in [-0.15, -0.1) is 0 Å². The number of amides is 1. The molecule has 6 heteroatoms. The van der Waals surface area contributed by atoms with Crippen LogP contribution in [-0.2, 0) is 11.3 Å². The Balaban J connectivity index is 1.99. The molecule has 0 radical (unpaired) electrons. The lowest BCUT2D eigenvalue weighted by Crippen LogP contribution is -2.45. The SMILES string of the molecule is CCOc1ccc(Oc2cc(CNC(=O)C(CC)(CC)CN)ccn2)cc1. The summed E-state index contributed by atoms with van der Waals surface area (Å²) >= 11 is 0. The molecule has 0 aliphatic carbocycles. The lowest BCUT2D eigenvalue weighted by Gasteiger charge is -2.28. The maximum absolute atomic E-state index is 12.5. The summed E-state index contributed by atoms with van der Waals surface area (Å²) < 4.78 is 11.2. The van der Waals surface area contributed by atoms with E-state index in [2.05, 4.69) is 10.3 Å². The van der Waals surface area contributed by atoms with Gasteiger partial charge in [0.05, 0.1) is 12.0 Å². The van der Waals surface area contributed by atoms with E-state index in [1.54, 1.807) is 6.20 Å². The molecule has 1 amide bonds. The zero-order valence-corrected chi connectivity index (χ0v) is 16.3. The van der Waals surface area contributed by atoms with Crippen molar-refractivity contribution in [3.05, 3.63) is 48.2 Å². The van der Waals surface area contributed by atoms with Crippen molar-refractivity contribution < 1.29 is 14.3 Å². The largest absolute Gasteiger partial charge is 0.494 e. The molecule has 2 rings (SSSR count). The second-order valence-corrected chi connectivity index (χ2v) is 6.38. The summed E-state index contributed by atoms with van der Waals surface area (Å²) in [6.07, 6.45) is 3.10. The Morgan fingerprint density at radius 2 is 1.78 bits per heavy atom. The van der Waals surface area contributed by atoms with Crippen molar-refractivity contribution in [3.63, 3.8) is 0 Å². The normalized spacial score (nSPS) is 11.1. The van der Waals surface area contributed by atoms with Gasteiger partial charge in [0.25, 0.3) is 0 Å². The Kier molecular flexibility index (Phi) is 7.61. The first-order valence-electron chi connectivity index (χ1n) is 9.41. The maximum atomic E-state index is 12.5. The van der Waals surface area contributed by atoms with Crippen LogP contribution >= 0.6 is 0 Å². The van der Waals surface area contributed by atoms with E-state index in [0.29, 0.717) is 44.2 Å². The predicted octanol–water partition coefficient (Wildman–Crippen LogP) is 3.65. The molecule has 0 aliphatic heterocycles. The summed E-state index contributed by atoms with van der Waals surface area (Å²) in [5, 5.41) is 2.99. The molecular weight excluding hydrogens is 342 g/mol. The van der Waals surface area contributed by atoms with Gasteiger partial charge in [-0.2, -0.15) is 0 Å². The van der Waals surface area contributed by atoms with E-state index in [0.717, 1.165) is 11.3 Å². The number of hydrogen-bond donors (Lipinski definition) is 2. The van der Waals surface area contributed by atoms with Crippen molar-refractivity contribution in [1.29, 1.82) is 0 Å². The Morgan fingerprint density at radius 1 is 1.11 bits per heavy atom. The minimum absolute atomic E-state index is 0.0132. The number of aromatic nitrogens is 1.